The number of halogens is 3. The van der Waals surface area contributed by atoms with E-state index in [2.05, 4.69) is 0 Å². The third-order valence-electron chi connectivity index (χ3n) is 3.09. The van der Waals surface area contributed by atoms with Gasteiger partial charge in [-0.05, 0) is 23.3 Å². The topological polar surface area (TPSA) is 9.23 Å². The van der Waals surface area contributed by atoms with Crippen molar-refractivity contribution in [3.63, 3.8) is 0 Å². The molecule has 0 spiro atoms. The van der Waals surface area contributed by atoms with Crippen LogP contribution in [0.5, 0.6) is 5.75 Å². The summed E-state index contributed by atoms with van der Waals surface area (Å²) in [7, 11) is 1.53. The third kappa shape index (κ3) is 4.38. The summed E-state index contributed by atoms with van der Waals surface area (Å²) < 4.78 is 42.6. The molecule has 2 rings (SSSR count). The van der Waals surface area contributed by atoms with Gasteiger partial charge in [-0.15, -0.1) is 0 Å². The first-order valence-corrected chi connectivity index (χ1v) is 6.44. The molecule has 0 fully saturated rings. The van der Waals surface area contributed by atoms with Crippen LogP contribution >= 0.6 is 0 Å². The van der Waals surface area contributed by atoms with Crippen LogP contribution in [0.25, 0.3) is 0 Å². The largest absolute Gasteiger partial charge is 0.497 e. The van der Waals surface area contributed by atoms with Gasteiger partial charge in [0.2, 0.25) is 0 Å². The Morgan fingerprint density at radius 3 is 2.24 bits per heavy atom. The first kappa shape index (κ1) is 15.2. The highest BCUT2D eigenvalue weighted by molar-refractivity contribution is 5.40. The number of benzene rings is 2. The van der Waals surface area contributed by atoms with E-state index in [0.717, 1.165) is 11.1 Å². The average molecular weight is 292 g/mol. The number of ether oxygens (including phenoxy) is 1. The van der Waals surface area contributed by atoms with Crippen molar-refractivity contribution in [2.45, 2.75) is 12.1 Å². The van der Waals surface area contributed by atoms with Crippen molar-refractivity contribution >= 4 is 0 Å². The fraction of sp³-hybridized carbons (Fsp3) is 0.176. The molecule has 1 unspecified atom stereocenters. The van der Waals surface area contributed by atoms with Crippen molar-refractivity contribution < 1.29 is 17.9 Å². The number of hydrogen-bond acceptors (Lipinski definition) is 1. The van der Waals surface area contributed by atoms with Gasteiger partial charge in [0, 0.05) is 12.0 Å². The summed E-state index contributed by atoms with van der Waals surface area (Å²) in [6.07, 6.45) is -2.87. The molecule has 0 saturated carbocycles. The fourth-order valence-corrected chi connectivity index (χ4v) is 2.12. The molecule has 21 heavy (non-hydrogen) atoms. The molecule has 0 radical (unpaired) electrons. The zero-order chi connectivity index (χ0) is 15.3. The molecule has 1 nitrogen and oxygen atoms in total. The van der Waals surface area contributed by atoms with Crippen molar-refractivity contribution in [2.24, 2.45) is 0 Å². The van der Waals surface area contributed by atoms with Crippen LogP contribution in [0.4, 0.5) is 13.2 Å². The molecule has 4 heteroatoms. The summed E-state index contributed by atoms with van der Waals surface area (Å²) in [6.45, 7) is 0. The Morgan fingerprint density at radius 1 is 0.952 bits per heavy atom. The molecule has 110 valence electrons. The Labute approximate surface area is 121 Å². The molecule has 0 heterocycles. The van der Waals surface area contributed by atoms with Crippen LogP contribution in [0.1, 0.15) is 17.0 Å². The van der Waals surface area contributed by atoms with Gasteiger partial charge in [0.1, 0.15) is 5.75 Å². The van der Waals surface area contributed by atoms with Gasteiger partial charge in [-0.3, -0.25) is 0 Å². The van der Waals surface area contributed by atoms with E-state index in [9.17, 15) is 13.2 Å². The number of methoxy groups -OCH3 is 1. The summed E-state index contributed by atoms with van der Waals surface area (Å²) in [5, 5.41) is 0. The number of hydrogen-bond donors (Lipinski definition) is 0. The predicted octanol–water partition coefficient (Wildman–Crippen LogP) is 4.95. The molecule has 0 aromatic heterocycles. The summed E-state index contributed by atoms with van der Waals surface area (Å²) in [4.78, 5) is 0. The number of rotatable bonds is 4. The molecule has 0 aliphatic carbocycles. The molecular weight excluding hydrogens is 277 g/mol. The average Bonchev–Trinajstić information content (AvgIpc) is 2.48. The van der Waals surface area contributed by atoms with Crippen molar-refractivity contribution in [3.8, 4) is 5.75 Å². The van der Waals surface area contributed by atoms with Crippen LogP contribution in [-0.4, -0.2) is 13.3 Å². The van der Waals surface area contributed by atoms with E-state index >= 15 is 0 Å². The standard InChI is InChI=1S/C17H15F3O/c1-21-15-9-5-8-14(12-15)16(10-11-17(18,19)20)13-6-3-2-4-7-13/h2-12,16H,1H3/b11-10+. The molecule has 0 N–H and O–H groups in total. The molecule has 2 aromatic rings. The first-order valence-electron chi connectivity index (χ1n) is 6.44. The third-order valence-corrected chi connectivity index (χ3v) is 3.09. The maximum atomic E-state index is 12.5. The normalized spacial score (nSPS) is 13.3. The second-order valence-electron chi connectivity index (χ2n) is 4.57. The quantitative estimate of drug-likeness (QED) is 0.725. The van der Waals surface area contributed by atoms with Gasteiger partial charge in [0.05, 0.1) is 7.11 Å². The van der Waals surface area contributed by atoms with Crippen LogP contribution in [0.2, 0.25) is 0 Å². The lowest BCUT2D eigenvalue weighted by Crippen LogP contribution is -2.04. The Kier molecular flexibility index (Phi) is 4.68. The Morgan fingerprint density at radius 2 is 1.62 bits per heavy atom. The van der Waals surface area contributed by atoms with Gasteiger partial charge < -0.3 is 4.74 Å². The molecule has 1 atom stereocenters. The first-order chi connectivity index (χ1) is 9.99. The van der Waals surface area contributed by atoms with Crippen LogP contribution in [-0.2, 0) is 0 Å². The highest BCUT2D eigenvalue weighted by Crippen LogP contribution is 2.30. The Balaban J connectivity index is 2.42. The van der Waals surface area contributed by atoms with Crippen LogP contribution in [0.15, 0.2) is 66.7 Å². The monoisotopic (exact) mass is 292 g/mol. The highest BCUT2D eigenvalue weighted by atomic mass is 19.4. The van der Waals surface area contributed by atoms with E-state index in [1.165, 1.54) is 13.2 Å². The van der Waals surface area contributed by atoms with Gasteiger partial charge in [-0.2, -0.15) is 13.2 Å². The van der Waals surface area contributed by atoms with Crippen molar-refractivity contribution in [1.82, 2.24) is 0 Å². The summed E-state index contributed by atoms with van der Waals surface area (Å²) in [5.74, 6) is 0.150. The van der Waals surface area contributed by atoms with E-state index in [-0.39, 0.29) is 6.08 Å². The lowest BCUT2D eigenvalue weighted by Gasteiger charge is -2.15. The van der Waals surface area contributed by atoms with Gasteiger partial charge in [-0.25, -0.2) is 0 Å². The van der Waals surface area contributed by atoms with Gasteiger partial charge in [-0.1, -0.05) is 48.5 Å². The second-order valence-corrected chi connectivity index (χ2v) is 4.57. The van der Waals surface area contributed by atoms with E-state index in [0.29, 0.717) is 5.75 Å². The fourth-order valence-electron chi connectivity index (χ4n) is 2.12. The van der Waals surface area contributed by atoms with E-state index in [1.807, 2.05) is 30.3 Å². The molecule has 2 aromatic carbocycles. The molecule has 0 bridgehead atoms. The molecule has 0 saturated heterocycles. The predicted molar refractivity (Wildman–Crippen MR) is 76.5 cm³/mol. The smallest absolute Gasteiger partial charge is 0.409 e. The Hall–Kier alpha value is -2.23. The lowest BCUT2D eigenvalue weighted by molar-refractivity contribution is -0.0800. The summed E-state index contributed by atoms with van der Waals surface area (Å²) in [6, 6.07) is 16.1. The minimum atomic E-state index is -4.33. The lowest BCUT2D eigenvalue weighted by atomic mass is 9.91. The summed E-state index contributed by atoms with van der Waals surface area (Å²) >= 11 is 0. The SMILES string of the molecule is COc1cccc(C(/C=C/C(F)(F)F)c2ccccc2)c1. The Bertz CT molecular complexity index is 603. The van der Waals surface area contributed by atoms with Crippen molar-refractivity contribution in [3.05, 3.63) is 77.9 Å². The molecule has 0 aliphatic rings. The minimum Gasteiger partial charge on any atom is -0.497 e. The second kappa shape index (κ2) is 6.48. The maximum Gasteiger partial charge on any atom is 0.409 e. The zero-order valence-corrected chi connectivity index (χ0v) is 11.5. The van der Waals surface area contributed by atoms with Gasteiger partial charge in [0.15, 0.2) is 0 Å². The number of allylic oxidation sites excluding steroid dienone is 2. The van der Waals surface area contributed by atoms with Crippen molar-refractivity contribution in [2.75, 3.05) is 7.11 Å². The van der Waals surface area contributed by atoms with E-state index < -0.39 is 12.1 Å². The van der Waals surface area contributed by atoms with Crippen LogP contribution in [0, 0.1) is 0 Å². The molecule has 0 amide bonds. The molecule has 0 aliphatic heterocycles. The van der Waals surface area contributed by atoms with Crippen LogP contribution in [0.3, 0.4) is 0 Å². The van der Waals surface area contributed by atoms with Crippen LogP contribution < -0.4 is 4.74 Å². The van der Waals surface area contributed by atoms with Gasteiger partial charge >= 0.3 is 6.18 Å². The maximum absolute atomic E-state index is 12.5. The minimum absolute atomic E-state index is 0.282. The van der Waals surface area contributed by atoms with Gasteiger partial charge in [0.25, 0.3) is 0 Å². The highest BCUT2D eigenvalue weighted by Gasteiger charge is 2.23. The molecular formula is C17H15F3O. The summed E-state index contributed by atoms with van der Waals surface area (Å²) in [5.41, 5.74) is 1.55. The van der Waals surface area contributed by atoms with E-state index in [1.54, 1.807) is 24.3 Å². The zero-order valence-electron chi connectivity index (χ0n) is 11.5. The van der Waals surface area contributed by atoms with Crippen molar-refractivity contribution in [1.29, 1.82) is 0 Å². The number of alkyl halides is 3. The van der Waals surface area contributed by atoms with E-state index in [4.69, 9.17) is 4.74 Å².